The summed E-state index contributed by atoms with van der Waals surface area (Å²) >= 11 is 0. The first kappa shape index (κ1) is 10.3. The predicted octanol–water partition coefficient (Wildman–Crippen LogP) is 0.181. The average molecular weight is 221 g/mol. The number of rotatable bonds is 4. The highest BCUT2D eigenvalue weighted by Gasteiger charge is 2.07. The number of aryl methyl sites for hydroxylation is 3. The van der Waals surface area contributed by atoms with Gasteiger partial charge in [0.1, 0.15) is 0 Å². The maximum Gasteiger partial charge on any atom is 0.358 e. The number of hydrogen-bond donors (Lipinski definition) is 1. The first-order chi connectivity index (χ1) is 7.65. The molecule has 0 aliphatic rings. The van der Waals surface area contributed by atoms with Crippen molar-refractivity contribution in [2.24, 2.45) is 0 Å². The van der Waals surface area contributed by atoms with Crippen LogP contribution < -0.4 is 0 Å². The third-order valence-corrected chi connectivity index (χ3v) is 2.09. The van der Waals surface area contributed by atoms with E-state index in [4.69, 9.17) is 5.11 Å². The fourth-order valence-corrected chi connectivity index (χ4v) is 1.30. The van der Waals surface area contributed by atoms with Crippen LogP contribution in [0.4, 0.5) is 0 Å². The summed E-state index contributed by atoms with van der Waals surface area (Å²) in [6.07, 6.45) is 3.27. The minimum atomic E-state index is -1.07. The van der Waals surface area contributed by atoms with Crippen LogP contribution in [-0.2, 0) is 13.1 Å². The molecular formula is C9H11N5O2. The molecule has 2 aromatic rings. The number of aromatic nitrogens is 5. The average Bonchev–Trinajstić information content (AvgIpc) is 2.83. The van der Waals surface area contributed by atoms with Crippen molar-refractivity contribution in [3.8, 4) is 0 Å². The molecule has 84 valence electrons. The molecule has 0 saturated carbocycles. The Morgan fingerprint density at radius 2 is 2.19 bits per heavy atom. The monoisotopic (exact) mass is 221 g/mol. The van der Waals surface area contributed by atoms with Crippen molar-refractivity contribution < 1.29 is 9.90 Å². The molecule has 0 spiro atoms. The lowest BCUT2D eigenvalue weighted by Gasteiger charge is -2.00. The summed E-state index contributed by atoms with van der Waals surface area (Å²) in [5, 5.41) is 20.1. The highest BCUT2D eigenvalue weighted by Crippen LogP contribution is 1.96. The molecule has 1 N–H and O–H groups in total. The van der Waals surface area contributed by atoms with Crippen LogP contribution in [0, 0.1) is 6.92 Å². The van der Waals surface area contributed by atoms with Gasteiger partial charge in [-0.1, -0.05) is 5.21 Å². The highest BCUT2D eigenvalue weighted by atomic mass is 16.4. The molecule has 2 aromatic heterocycles. The van der Waals surface area contributed by atoms with Crippen molar-refractivity contribution in [3.05, 3.63) is 29.8 Å². The van der Waals surface area contributed by atoms with E-state index in [-0.39, 0.29) is 5.69 Å². The van der Waals surface area contributed by atoms with E-state index in [0.29, 0.717) is 13.1 Å². The molecule has 0 aliphatic heterocycles. The molecule has 2 heterocycles. The van der Waals surface area contributed by atoms with E-state index in [0.717, 1.165) is 5.69 Å². The van der Waals surface area contributed by atoms with Crippen molar-refractivity contribution in [2.75, 3.05) is 0 Å². The molecule has 0 amide bonds. The zero-order valence-electron chi connectivity index (χ0n) is 8.74. The molecule has 0 unspecified atom stereocenters. The fourth-order valence-electron chi connectivity index (χ4n) is 1.30. The Bertz CT molecular complexity index is 501. The second-order valence-electron chi connectivity index (χ2n) is 3.39. The third kappa shape index (κ3) is 2.25. The second kappa shape index (κ2) is 4.13. The second-order valence-corrected chi connectivity index (χ2v) is 3.39. The molecule has 16 heavy (non-hydrogen) atoms. The van der Waals surface area contributed by atoms with Gasteiger partial charge in [0.15, 0.2) is 5.69 Å². The Kier molecular flexibility index (Phi) is 2.67. The van der Waals surface area contributed by atoms with Crippen LogP contribution in [0.3, 0.4) is 0 Å². The van der Waals surface area contributed by atoms with Crippen molar-refractivity contribution in [1.29, 1.82) is 0 Å². The van der Waals surface area contributed by atoms with Gasteiger partial charge in [0, 0.05) is 6.20 Å². The SMILES string of the molecule is Cc1ccn(CCn2cc(C(=O)O)nn2)n1. The first-order valence-electron chi connectivity index (χ1n) is 4.78. The molecule has 0 radical (unpaired) electrons. The molecule has 0 fully saturated rings. The number of carboxylic acids is 1. The zero-order valence-corrected chi connectivity index (χ0v) is 8.74. The molecule has 0 aliphatic carbocycles. The van der Waals surface area contributed by atoms with Crippen LogP contribution in [0.15, 0.2) is 18.5 Å². The largest absolute Gasteiger partial charge is 0.476 e. The van der Waals surface area contributed by atoms with Gasteiger partial charge in [-0.05, 0) is 13.0 Å². The minimum absolute atomic E-state index is 0.0448. The molecule has 0 atom stereocenters. The van der Waals surface area contributed by atoms with E-state index >= 15 is 0 Å². The predicted molar refractivity (Wildman–Crippen MR) is 53.9 cm³/mol. The quantitative estimate of drug-likeness (QED) is 0.796. The van der Waals surface area contributed by atoms with Gasteiger partial charge >= 0.3 is 5.97 Å². The van der Waals surface area contributed by atoms with Crippen LogP contribution in [0.1, 0.15) is 16.2 Å². The van der Waals surface area contributed by atoms with E-state index in [9.17, 15) is 4.79 Å². The van der Waals surface area contributed by atoms with Crippen LogP contribution in [0.25, 0.3) is 0 Å². The van der Waals surface area contributed by atoms with E-state index in [1.54, 1.807) is 4.68 Å². The van der Waals surface area contributed by atoms with Gasteiger partial charge in [0.05, 0.1) is 25.0 Å². The Morgan fingerprint density at radius 1 is 1.44 bits per heavy atom. The van der Waals surface area contributed by atoms with Gasteiger partial charge in [0.2, 0.25) is 0 Å². The lowest BCUT2D eigenvalue weighted by Crippen LogP contribution is -2.08. The topological polar surface area (TPSA) is 85.8 Å². The normalized spacial score (nSPS) is 10.6. The van der Waals surface area contributed by atoms with Crippen LogP contribution in [-0.4, -0.2) is 35.9 Å². The van der Waals surface area contributed by atoms with Crippen molar-refractivity contribution in [1.82, 2.24) is 24.8 Å². The van der Waals surface area contributed by atoms with Gasteiger partial charge in [0.25, 0.3) is 0 Å². The Hall–Kier alpha value is -2.18. The van der Waals surface area contributed by atoms with E-state index < -0.39 is 5.97 Å². The molecular weight excluding hydrogens is 210 g/mol. The maximum absolute atomic E-state index is 10.6. The molecule has 2 rings (SSSR count). The molecule has 0 bridgehead atoms. The summed E-state index contributed by atoms with van der Waals surface area (Å²) < 4.78 is 3.26. The molecule has 7 nitrogen and oxygen atoms in total. The van der Waals surface area contributed by atoms with Crippen molar-refractivity contribution >= 4 is 5.97 Å². The fraction of sp³-hybridized carbons (Fsp3) is 0.333. The van der Waals surface area contributed by atoms with Crippen LogP contribution in [0.2, 0.25) is 0 Å². The van der Waals surface area contributed by atoms with E-state index in [1.807, 2.05) is 19.2 Å². The number of hydrogen-bond acceptors (Lipinski definition) is 4. The minimum Gasteiger partial charge on any atom is -0.476 e. The van der Waals surface area contributed by atoms with Crippen LogP contribution in [0.5, 0.6) is 0 Å². The number of carbonyl (C=O) groups is 1. The van der Waals surface area contributed by atoms with Crippen LogP contribution >= 0.6 is 0 Å². The Labute approximate surface area is 91.3 Å². The standard InChI is InChI=1S/C9H11N5O2/c1-7-2-3-13(11-7)4-5-14-6-8(9(15)16)10-12-14/h2-3,6H,4-5H2,1H3,(H,15,16). The number of carboxylic acid groups (broad SMARTS) is 1. The lowest BCUT2D eigenvalue weighted by molar-refractivity contribution is 0.0690. The molecule has 0 aromatic carbocycles. The smallest absolute Gasteiger partial charge is 0.358 e. The van der Waals surface area contributed by atoms with Gasteiger partial charge in [-0.2, -0.15) is 5.10 Å². The van der Waals surface area contributed by atoms with Gasteiger partial charge in [-0.25, -0.2) is 9.48 Å². The first-order valence-corrected chi connectivity index (χ1v) is 4.78. The lowest BCUT2D eigenvalue weighted by atomic mass is 10.5. The summed E-state index contributed by atoms with van der Waals surface area (Å²) in [5.41, 5.74) is 0.904. The summed E-state index contributed by atoms with van der Waals surface area (Å²) in [7, 11) is 0. The Balaban J connectivity index is 1.97. The molecule has 0 saturated heterocycles. The number of aromatic carboxylic acids is 1. The summed E-state index contributed by atoms with van der Waals surface area (Å²) in [4.78, 5) is 10.6. The van der Waals surface area contributed by atoms with Crippen molar-refractivity contribution in [2.45, 2.75) is 20.0 Å². The van der Waals surface area contributed by atoms with E-state index in [1.165, 1.54) is 10.9 Å². The summed E-state index contributed by atoms with van der Waals surface area (Å²) in [5.74, 6) is -1.07. The summed E-state index contributed by atoms with van der Waals surface area (Å²) in [6.45, 7) is 3.09. The van der Waals surface area contributed by atoms with E-state index in [2.05, 4.69) is 15.4 Å². The number of nitrogens with zero attached hydrogens (tertiary/aromatic N) is 5. The van der Waals surface area contributed by atoms with Gasteiger partial charge < -0.3 is 5.11 Å². The molecule has 7 heteroatoms. The summed E-state index contributed by atoms with van der Waals surface area (Å²) in [6, 6.07) is 1.91. The Morgan fingerprint density at radius 3 is 2.75 bits per heavy atom. The maximum atomic E-state index is 10.6. The highest BCUT2D eigenvalue weighted by molar-refractivity contribution is 5.84. The van der Waals surface area contributed by atoms with Crippen molar-refractivity contribution in [3.63, 3.8) is 0 Å². The van der Waals surface area contributed by atoms with Gasteiger partial charge in [-0.15, -0.1) is 5.10 Å². The third-order valence-electron chi connectivity index (χ3n) is 2.09. The zero-order chi connectivity index (χ0) is 11.5. The van der Waals surface area contributed by atoms with Gasteiger partial charge in [-0.3, -0.25) is 4.68 Å².